The van der Waals surface area contributed by atoms with Crippen molar-refractivity contribution < 1.29 is 17.9 Å². The fourth-order valence-electron chi connectivity index (χ4n) is 1.68. The highest BCUT2D eigenvalue weighted by atomic mass is 35.5. The average molecular weight is 311 g/mol. The van der Waals surface area contributed by atoms with Crippen molar-refractivity contribution in [3.63, 3.8) is 0 Å². The summed E-state index contributed by atoms with van der Waals surface area (Å²) in [5, 5.41) is -0.328. The largest absolute Gasteiger partial charge is 0.486 e. The van der Waals surface area contributed by atoms with Crippen molar-refractivity contribution in [1.29, 1.82) is 0 Å². The van der Waals surface area contributed by atoms with Gasteiger partial charge in [0.2, 0.25) is 0 Å². The van der Waals surface area contributed by atoms with E-state index >= 15 is 0 Å². The molecule has 1 aromatic rings. The van der Waals surface area contributed by atoms with Gasteiger partial charge in [0.05, 0.1) is 11.1 Å². The lowest BCUT2D eigenvalue weighted by Gasteiger charge is -2.21. The van der Waals surface area contributed by atoms with E-state index < -0.39 is 15.2 Å². The van der Waals surface area contributed by atoms with Gasteiger partial charge in [-0.25, -0.2) is 8.42 Å². The normalized spacial score (nSPS) is 16.4. The summed E-state index contributed by atoms with van der Waals surface area (Å²) in [6.45, 7) is 0.920. The molecule has 1 aliphatic rings. The van der Waals surface area contributed by atoms with E-state index in [2.05, 4.69) is 0 Å². The summed E-state index contributed by atoms with van der Waals surface area (Å²) in [7, 11) is -3.17. The molecule has 0 radical (unpaired) electrons. The third kappa shape index (κ3) is 3.22. The third-order valence-corrected chi connectivity index (χ3v) is 4.29. The van der Waals surface area contributed by atoms with Gasteiger partial charge in [-0.3, -0.25) is 0 Å². The highest BCUT2D eigenvalue weighted by Crippen LogP contribution is 2.39. The molecule has 4 nitrogen and oxygen atoms in total. The molecule has 0 aromatic heterocycles. The number of halogens is 2. The smallest absolute Gasteiger partial charge is 0.162 e. The number of alkyl halides is 1. The lowest BCUT2D eigenvalue weighted by atomic mass is 10.1. The first-order valence-corrected chi connectivity index (χ1v) is 8.15. The van der Waals surface area contributed by atoms with Crippen LogP contribution in [0.5, 0.6) is 11.5 Å². The summed E-state index contributed by atoms with van der Waals surface area (Å²) in [6, 6.07) is 3.24. The summed E-state index contributed by atoms with van der Waals surface area (Å²) in [5.41, 5.74) is 0.535. The van der Waals surface area contributed by atoms with E-state index in [1.165, 1.54) is 0 Å². The molecule has 0 saturated carbocycles. The number of hydrogen-bond donors (Lipinski definition) is 0. The summed E-state index contributed by atoms with van der Waals surface area (Å²) >= 11 is 12.1. The molecule has 0 spiro atoms. The van der Waals surface area contributed by atoms with Crippen molar-refractivity contribution in [3.05, 3.63) is 22.7 Å². The van der Waals surface area contributed by atoms with Crippen LogP contribution in [-0.4, -0.2) is 33.6 Å². The Hall–Kier alpha value is -0.650. The van der Waals surface area contributed by atoms with Crippen molar-refractivity contribution in [2.75, 3.05) is 25.2 Å². The van der Waals surface area contributed by atoms with Crippen LogP contribution in [0.4, 0.5) is 0 Å². The minimum Gasteiger partial charge on any atom is -0.486 e. The van der Waals surface area contributed by atoms with Crippen molar-refractivity contribution in [2.45, 2.75) is 5.38 Å². The van der Waals surface area contributed by atoms with Gasteiger partial charge in [0.15, 0.2) is 11.5 Å². The van der Waals surface area contributed by atoms with Crippen molar-refractivity contribution >= 4 is 33.0 Å². The minimum atomic E-state index is -3.17. The number of sulfone groups is 1. The van der Waals surface area contributed by atoms with Gasteiger partial charge in [-0.15, -0.1) is 11.6 Å². The van der Waals surface area contributed by atoms with E-state index in [-0.39, 0.29) is 5.75 Å². The topological polar surface area (TPSA) is 52.6 Å². The molecule has 1 unspecified atom stereocenters. The second-order valence-corrected chi connectivity index (χ2v) is 7.20. The highest BCUT2D eigenvalue weighted by Gasteiger charge is 2.22. The molecule has 0 amide bonds. The van der Waals surface area contributed by atoms with Gasteiger partial charge in [-0.2, -0.15) is 0 Å². The molecule has 0 bridgehead atoms. The van der Waals surface area contributed by atoms with Gasteiger partial charge in [0.1, 0.15) is 23.1 Å². The highest BCUT2D eigenvalue weighted by molar-refractivity contribution is 7.90. The van der Waals surface area contributed by atoms with Crippen molar-refractivity contribution in [1.82, 2.24) is 0 Å². The fraction of sp³-hybridized carbons (Fsp3) is 0.455. The zero-order chi connectivity index (χ0) is 13.3. The molecule has 7 heteroatoms. The van der Waals surface area contributed by atoms with Crippen LogP contribution in [-0.2, 0) is 9.84 Å². The van der Waals surface area contributed by atoms with Crippen LogP contribution in [0.15, 0.2) is 12.1 Å². The number of fused-ring (bicyclic) bond motifs is 1. The van der Waals surface area contributed by atoms with E-state index in [0.29, 0.717) is 35.3 Å². The van der Waals surface area contributed by atoms with Crippen LogP contribution in [0.2, 0.25) is 5.02 Å². The Morgan fingerprint density at radius 1 is 1.28 bits per heavy atom. The number of benzene rings is 1. The molecular weight excluding hydrogens is 299 g/mol. The second-order valence-electron chi connectivity index (χ2n) is 4.08. The zero-order valence-electron chi connectivity index (χ0n) is 9.65. The second kappa shape index (κ2) is 5.15. The fourth-order valence-corrected chi connectivity index (χ4v) is 3.59. The standard InChI is InChI=1S/C11H12Cl2O4S/c1-18(14,15)6-9(13)7-4-10-11(5-8(7)12)17-3-2-16-10/h4-5,9H,2-3,6H2,1H3. The molecule has 100 valence electrons. The summed E-state index contributed by atoms with van der Waals surface area (Å²) in [6.07, 6.45) is 1.13. The Morgan fingerprint density at radius 3 is 2.39 bits per heavy atom. The van der Waals surface area contributed by atoms with Crippen LogP contribution in [0.1, 0.15) is 10.9 Å². The van der Waals surface area contributed by atoms with E-state index in [9.17, 15) is 8.42 Å². The van der Waals surface area contributed by atoms with E-state index in [1.54, 1.807) is 12.1 Å². The molecule has 0 aliphatic carbocycles. The van der Waals surface area contributed by atoms with Crippen LogP contribution < -0.4 is 9.47 Å². The van der Waals surface area contributed by atoms with Crippen LogP contribution >= 0.6 is 23.2 Å². The monoisotopic (exact) mass is 310 g/mol. The Kier molecular flexibility index (Phi) is 3.94. The molecule has 1 heterocycles. The minimum absolute atomic E-state index is 0.173. The molecule has 1 aliphatic heterocycles. The molecule has 1 aromatic carbocycles. The lowest BCUT2D eigenvalue weighted by molar-refractivity contribution is 0.171. The molecule has 0 saturated heterocycles. The van der Waals surface area contributed by atoms with E-state index in [0.717, 1.165) is 6.26 Å². The zero-order valence-corrected chi connectivity index (χ0v) is 12.0. The molecule has 1 atom stereocenters. The molecule has 2 rings (SSSR count). The first-order chi connectivity index (χ1) is 8.37. The maximum Gasteiger partial charge on any atom is 0.162 e. The van der Waals surface area contributed by atoms with Crippen molar-refractivity contribution in [2.24, 2.45) is 0 Å². The van der Waals surface area contributed by atoms with Gasteiger partial charge >= 0.3 is 0 Å². The first-order valence-electron chi connectivity index (χ1n) is 5.27. The average Bonchev–Trinajstić information content (AvgIpc) is 2.25. The van der Waals surface area contributed by atoms with Gasteiger partial charge in [0.25, 0.3) is 0 Å². The third-order valence-electron chi connectivity index (χ3n) is 2.45. The van der Waals surface area contributed by atoms with Gasteiger partial charge in [-0.1, -0.05) is 11.6 Å². The van der Waals surface area contributed by atoms with Crippen LogP contribution in [0.3, 0.4) is 0 Å². The predicted octanol–water partition coefficient (Wildman–Crippen LogP) is 2.44. The summed E-state index contributed by atoms with van der Waals surface area (Å²) < 4.78 is 33.2. The van der Waals surface area contributed by atoms with Gasteiger partial charge < -0.3 is 9.47 Å². The van der Waals surface area contributed by atoms with Gasteiger partial charge in [-0.05, 0) is 11.6 Å². The maximum atomic E-state index is 11.2. The maximum absolute atomic E-state index is 11.2. The van der Waals surface area contributed by atoms with E-state index in [1.807, 2.05) is 0 Å². The molecule has 0 fully saturated rings. The Bertz CT molecular complexity index is 556. The molecular formula is C11H12Cl2O4S. The number of ether oxygens (including phenoxy) is 2. The Balaban J connectivity index is 2.33. The SMILES string of the molecule is CS(=O)(=O)CC(Cl)c1cc2c(cc1Cl)OCCO2. The predicted molar refractivity (Wildman–Crippen MR) is 70.7 cm³/mol. The van der Waals surface area contributed by atoms with Gasteiger partial charge in [0, 0.05) is 17.3 Å². The first kappa shape index (κ1) is 13.8. The van der Waals surface area contributed by atoms with Crippen LogP contribution in [0, 0.1) is 0 Å². The van der Waals surface area contributed by atoms with Crippen LogP contribution in [0.25, 0.3) is 0 Å². The lowest BCUT2D eigenvalue weighted by Crippen LogP contribution is -2.16. The summed E-state index contributed by atoms with van der Waals surface area (Å²) in [4.78, 5) is 0. The molecule has 0 N–H and O–H groups in total. The summed E-state index contributed by atoms with van der Waals surface area (Å²) in [5.74, 6) is 0.923. The number of hydrogen-bond acceptors (Lipinski definition) is 4. The number of rotatable bonds is 3. The van der Waals surface area contributed by atoms with Crippen molar-refractivity contribution in [3.8, 4) is 11.5 Å². The Labute approximate surface area is 116 Å². The quantitative estimate of drug-likeness (QED) is 0.805. The Morgan fingerprint density at radius 2 is 1.83 bits per heavy atom. The molecule has 18 heavy (non-hydrogen) atoms. The van der Waals surface area contributed by atoms with E-state index in [4.69, 9.17) is 32.7 Å².